The molecule has 0 saturated carbocycles. The summed E-state index contributed by atoms with van der Waals surface area (Å²) in [5.41, 5.74) is 1.91. The third-order valence-electron chi connectivity index (χ3n) is 6.29. The van der Waals surface area contributed by atoms with E-state index in [1.54, 1.807) is 39.0 Å². The fraction of sp³-hybridized carbons (Fsp3) is 0.417. The molecule has 0 aliphatic carbocycles. The molecular weight excluding hydrogens is 426 g/mol. The number of hydrogen-bond donors (Lipinski definition) is 0. The SMILES string of the molecule is O=C(OCC(=O)N1CCc2sccc2C1)c1ccc2c(=O)n3c(nc2c1)CCCCCC3. The quantitative estimate of drug-likeness (QED) is 0.571. The van der Waals surface area contributed by atoms with Gasteiger partial charge in [0, 0.05) is 30.9 Å². The third kappa shape index (κ3) is 4.07. The number of carbonyl (C=O) groups is 2. The van der Waals surface area contributed by atoms with E-state index in [1.807, 2.05) is 11.4 Å². The number of aromatic nitrogens is 2. The van der Waals surface area contributed by atoms with Gasteiger partial charge in [-0.2, -0.15) is 0 Å². The Kier molecular flexibility index (Phi) is 5.78. The highest BCUT2D eigenvalue weighted by Gasteiger charge is 2.23. The van der Waals surface area contributed by atoms with Crippen LogP contribution in [0, 0.1) is 0 Å². The van der Waals surface area contributed by atoms with Crippen LogP contribution in [0.25, 0.3) is 10.9 Å². The van der Waals surface area contributed by atoms with Crippen LogP contribution in [0.3, 0.4) is 0 Å². The van der Waals surface area contributed by atoms with Gasteiger partial charge in [-0.1, -0.05) is 12.8 Å². The molecule has 0 spiro atoms. The zero-order valence-corrected chi connectivity index (χ0v) is 18.7. The first-order chi connectivity index (χ1) is 15.6. The number of esters is 1. The molecule has 1 aromatic carbocycles. The zero-order valence-electron chi connectivity index (χ0n) is 17.8. The molecule has 0 saturated heterocycles. The lowest BCUT2D eigenvalue weighted by atomic mass is 10.1. The standard InChI is InChI=1S/C24H25N3O4S/c28-22(26-11-8-20-17(14-26)9-12-32-20)15-31-24(30)16-6-7-18-19(13-16)25-21-5-3-1-2-4-10-27(21)23(18)29/h6-7,9,12-13H,1-5,8,10-11,14-15H2. The van der Waals surface area contributed by atoms with Crippen molar-refractivity contribution in [3.05, 3.63) is 61.8 Å². The Hall–Kier alpha value is -3.00. The summed E-state index contributed by atoms with van der Waals surface area (Å²) in [6.07, 6.45) is 5.84. The molecule has 3 aromatic rings. The number of rotatable bonds is 3. The average molecular weight is 452 g/mol. The smallest absolute Gasteiger partial charge is 0.338 e. The lowest BCUT2D eigenvalue weighted by molar-refractivity contribution is -0.135. The second kappa shape index (κ2) is 8.86. The van der Waals surface area contributed by atoms with Crippen molar-refractivity contribution in [2.75, 3.05) is 13.2 Å². The Bertz CT molecular complexity index is 1250. The zero-order chi connectivity index (χ0) is 22.1. The van der Waals surface area contributed by atoms with Gasteiger partial charge in [0.1, 0.15) is 5.82 Å². The fourth-order valence-electron chi connectivity index (χ4n) is 4.49. The highest BCUT2D eigenvalue weighted by atomic mass is 32.1. The highest BCUT2D eigenvalue weighted by molar-refractivity contribution is 7.10. The number of benzene rings is 1. The first-order valence-corrected chi connectivity index (χ1v) is 12.0. The molecule has 0 unspecified atom stereocenters. The van der Waals surface area contributed by atoms with Crippen LogP contribution in [0.5, 0.6) is 0 Å². The summed E-state index contributed by atoms with van der Waals surface area (Å²) in [5, 5.41) is 2.54. The Balaban J connectivity index is 1.30. The van der Waals surface area contributed by atoms with Crippen LogP contribution >= 0.6 is 11.3 Å². The van der Waals surface area contributed by atoms with Crippen LogP contribution < -0.4 is 5.56 Å². The Morgan fingerprint density at radius 2 is 1.94 bits per heavy atom. The first-order valence-electron chi connectivity index (χ1n) is 11.1. The second-order valence-corrected chi connectivity index (χ2v) is 9.39. The van der Waals surface area contributed by atoms with Crippen LogP contribution in [0.1, 0.15) is 52.3 Å². The molecule has 32 heavy (non-hydrogen) atoms. The van der Waals surface area contributed by atoms with Crippen molar-refractivity contribution < 1.29 is 14.3 Å². The molecule has 2 aliphatic rings. The maximum Gasteiger partial charge on any atom is 0.338 e. The van der Waals surface area contributed by atoms with Gasteiger partial charge in [0.2, 0.25) is 0 Å². The van der Waals surface area contributed by atoms with E-state index in [9.17, 15) is 14.4 Å². The van der Waals surface area contributed by atoms with Gasteiger partial charge >= 0.3 is 5.97 Å². The largest absolute Gasteiger partial charge is 0.452 e. The van der Waals surface area contributed by atoms with Gasteiger partial charge in [-0.05, 0) is 54.5 Å². The summed E-state index contributed by atoms with van der Waals surface area (Å²) in [5.74, 6) is -0.00309. The second-order valence-electron chi connectivity index (χ2n) is 8.39. The normalized spacial score (nSPS) is 16.1. The summed E-state index contributed by atoms with van der Waals surface area (Å²) in [4.78, 5) is 45.8. The van der Waals surface area contributed by atoms with Crippen LogP contribution in [-0.2, 0) is 35.5 Å². The molecule has 0 radical (unpaired) electrons. The van der Waals surface area contributed by atoms with Gasteiger partial charge in [0.25, 0.3) is 11.5 Å². The monoisotopic (exact) mass is 451 g/mol. The van der Waals surface area contributed by atoms with Gasteiger partial charge in [0.15, 0.2) is 6.61 Å². The topological polar surface area (TPSA) is 81.5 Å². The minimum absolute atomic E-state index is 0.0557. The molecule has 8 heteroatoms. The van der Waals surface area contributed by atoms with Crippen LogP contribution in [-0.4, -0.2) is 39.5 Å². The number of ether oxygens (including phenoxy) is 1. The van der Waals surface area contributed by atoms with Crippen molar-refractivity contribution in [1.29, 1.82) is 0 Å². The lowest BCUT2D eigenvalue weighted by Gasteiger charge is -2.26. The molecule has 166 valence electrons. The number of aryl methyl sites for hydroxylation is 1. The van der Waals surface area contributed by atoms with Gasteiger partial charge < -0.3 is 9.64 Å². The molecule has 5 rings (SSSR count). The van der Waals surface area contributed by atoms with Crippen molar-refractivity contribution in [2.24, 2.45) is 0 Å². The third-order valence-corrected chi connectivity index (χ3v) is 7.31. The van der Waals surface area contributed by atoms with Crippen molar-refractivity contribution in [3.63, 3.8) is 0 Å². The molecule has 0 bridgehead atoms. The van der Waals surface area contributed by atoms with E-state index < -0.39 is 5.97 Å². The van der Waals surface area contributed by atoms with Gasteiger partial charge in [0.05, 0.1) is 16.5 Å². The lowest BCUT2D eigenvalue weighted by Crippen LogP contribution is -2.38. The summed E-state index contributed by atoms with van der Waals surface area (Å²) < 4.78 is 7.08. The van der Waals surface area contributed by atoms with Gasteiger partial charge in [-0.3, -0.25) is 14.2 Å². The van der Waals surface area contributed by atoms with E-state index in [0.717, 1.165) is 44.3 Å². The molecule has 0 atom stereocenters. The van der Waals surface area contributed by atoms with Gasteiger partial charge in [-0.15, -0.1) is 11.3 Å². The van der Waals surface area contributed by atoms with E-state index in [0.29, 0.717) is 36.1 Å². The van der Waals surface area contributed by atoms with E-state index in [-0.39, 0.29) is 18.1 Å². The minimum Gasteiger partial charge on any atom is -0.452 e. The number of thiophene rings is 1. The molecule has 2 aliphatic heterocycles. The number of fused-ring (bicyclic) bond motifs is 3. The molecule has 1 amide bonds. The summed E-state index contributed by atoms with van der Waals surface area (Å²) >= 11 is 1.71. The summed E-state index contributed by atoms with van der Waals surface area (Å²) in [6, 6.07) is 6.85. The fourth-order valence-corrected chi connectivity index (χ4v) is 5.37. The minimum atomic E-state index is -0.581. The summed E-state index contributed by atoms with van der Waals surface area (Å²) in [7, 11) is 0. The molecule has 2 aromatic heterocycles. The molecule has 4 heterocycles. The average Bonchev–Trinajstić information content (AvgIpc) is 3.26. The predicted octanol–water partition coefficient (Wildman–Crippen LogP) is 3.32. The summed E-state index contributed by atoms with van der Waals surface area (Å²) in [6.45, 7) is 1.59. The maximum atomic E-state index is 12.9. The van der Waals surface area contributed by atoms with Crippen LogP contribution in [0.15, 0.2) is 34.4 Å². The maximum absolute atomic E-state index is 12.9. The number of amides is 1. The number of carbonyl (C=O) groups excluding carboxylic acids is 2. The molecule has 7 nitrogen and oxygen atoms in total. The molecule has 0 fully saturated rings. The van der Waals surface area contributed by atoms with E-state index in [2.05, 4.69) is 4.98 Å². The number of hydrogen-bond acceptors (Lipinski definition) is 6. The van der Waals surface area contributed by atoms with Crippen LogP contribution in [0.2, 0.25) is 0 Å². The highest BCUT2D eigenvalue weighted by Crippen LogP contribution is 2.24. The van der Waals surface area contributed by atoms with E-state index in [4.69, 9.17) is 4.74 Å². The van der Waals surface area contributed by atoms with Crippen molar-refractivity contribution in [3.8, 4) is 0 Å². The predicted molar refractivity (Wildman–Crippen MR) is 122 cm³/mol. The first kappa shape index (κ1) is 20.9. The van der Waals surface area contributed by atoms with Crippen LogP contribution in [0.4, 0.5) is 0 Å². The number of nitrogens with zero attached hydrogens (tertiary/aromatic N) is 3. The van der Waals surface area contributed by atoms with Gasteiger partial charge in [-0.25, -0.2) is 9.78 Å². The van der Waals surface area contributed by atoms with E-state index in [1.165, 1.54) is 10.4 Å². The van der Waals surface area contributed by atoms with Crippen molar-refractivity contribution in [2.45, 2.75) is 51.6 Å². The Morgan fingerprint density at radius 3 is 2.84 bits per heavy atom. The Morgan fingerprint density at radius 1 is 1.06 bits per heavy atom. The van der Waals surface area contributed by atoms with Crippen molar-refractivity contribution in [1.82, 2.24) is 14.5 Å². The molecular formula is C24H25N3O4S. The Labute approximate surface area is 189 Å². The van der Waals surface area contributed by atoms with E-state index >= 15 is 0 Å². The molecule has 0 N–H and O–H groups in total. The van der Waals surface area contributed by atoms with Crippen molar-refractivity contribution >= 4 is 34.1 Å².